The maximum Gasteiger partial charge on any atom is 0.220 e. The lowest BCUT2D eigenvalue weighted by atomic mass is 10.00. The Morgan fingerprint density at radius 2 is 2.10 bits per heavy atom. The zero-order valence-corrected chi connectivity index (χ0v) is 12.6. The second-order valence-electron chi connectivity index (χ2n) is 5.89. The third-order valence-electron chi connectivity index (χ3n) is 4.09. The molecule has 1 aliphatic rings. The van der Waals surface area contributed by atoms with Crippen molar-refractivity contribution in [3.63, 3.8) is 0 Å². The molecule has 0 bridgehead atoms. The van der Waals surface area contributed by atoms with Gasteiger partial charge in [0, 0.05) is 12.5 Å². The van der Waals surface area contributed by atoms with Crippen LogP contribution in [0, 0.1) is 6.92 Å². The lowest BCUT2D eigenvalue weighted by molar-refractivity contribution is -0.122. The largest absolute Gasteiger partial charge is 0.350 e. The summed E-state index contributed by atoms with van der Waals surface area (Å²) in [5.41, 5.74) is 2.41. The van der Waals surface area contributed by atoms with Crippen molar-refractivity contribution in [2.45, 2.75) is 58.0 Å². The fraction of sp³-hybridized carbons (Fsp3) is 0.588. The van der Waals surface area contributed by atoms with Gasteiger partial charge in [-0.3, -0.25) is 4.79 Å². The van der Waals surface area contributed by atoms with Crippen molar-refractivity contribution in [1.29, 1.82) is 0 Å². The number of hydrogen-bond acceptors (Lipinski definition) is 2. The molecule has 1 amide bonds. The number of hydrogen-bond donors (Lipinski definition) is 2. The second kappa shape index (κ2) is 7.44. The van der Waals surface area contributed by atoms with Crippen molar-refractivity contribution in [1.82, 2.24) is 10.6 Å². The Balaban J connectivity index is 1.74. The zero-order valence-electron chi connectivity index (χ0n) is 12.6. The Morgan fingerprint density at radius 1 is 1.35 bits per heavy atom. The third-order valence-corrected chi connectivity index (χ3v) is 4.09. The first kappa shape index (κ1) is 15.0. The van der Waals surface area contributed by atoms with Crippen LogP contribution in [0.3, 0.4) is 0 Å². The highest BCUT2D eigenvalue weighted by Crippen LogP contribution is 2.15. The Bertz CT molecular complexity index is 421. The second-order valence-corrected chi connectivity index (χ2v) is 5.89. The predicted molar refractivity (Wildman–Crippen MR) is 82.6 cm³/mol. The summed E-state index contributed by atoms with van der Waals surface area (Å²) in [5, 5.41) is 6.57. The van der Waals surface area contributed by atoms with Crippen LogP contribution >= 0.6 is 0 Å². The minimum Gasteiger partial charge on any atom is -0.350 e. The van der Waals surface area contributed by atoms with Crippen LogP contribution in [-0.2, 0) is 4.79 Å². The molecule has 0 spiro atoms. The van der Waals surface area contributed by atoms with E-state index in [1.807, 2.05) is 6.92 Å². The molecule has 0 saturated carbocycles. The van der Waals surface area contributed by atoms with Crippen molar-refractivity contribution in [2.75, 3.05) is 6.54 Å². The first-order chi connectivity index (χ1) is 9.65. The molecule has 110 valence electrons. The number of piperidine rings is 1. The fourth-order valence-corrected chi connectivity index (χ4v) is 2.73. The highest BCUT2D eigenvalue weighted by molar-refractivity contribution is 5.76. The van der Waals surface area contributed by atoms with E-state index in [-0.39, 0.29) is 11.9 Å². The molecule has 1 saturated heterocycles. The van der Waals surface area contributed by atoms with Gasteiger partial charge >= 0.3 is 0 Å². The number of carbonyl (C=O) groups excluding carboxylic acids is 1. The highest BCUT2D eigenvalue weighted by atomic mass is 16.1. The molecule has 2 rings (SSSR count). The van der Waals surface area contributed by atoms with Crippen LogP contribution < -0.4 is 10.6 Å². The lowest BCUT2D eigenvalue weighted by Crippen LogP contribution is -2.35. The van der Waals surface area contributed by atoms with E-state index in [0.717, 1.165) is 13.0 Å². The Kier molecular flexibility index (Phi) is 5.60. The normalized spacial score (nSPS) is 20.4. The van der Waals surface area contributed by atoms with Gasteiger partial charge < -0.3 is 10.6 Å². The van der Waals surface area contributed by atoms with Crippen molar-refractivity contribution in [3.8, 4) is 0 Å². The molecule has 1 unspecified atom stereocenters. The van der Waals surface area contributed by atoms with Crippen molar-refractivity contribution < 1.29 is 4.79 Å². The summed E-state index contributed by atoms with van der Waals surface area (Å²) >= 11 is 0. The number of aryl methyl sites for hydroxylation is 1. The van der Waals surface area contributed by atoms with Crippen molar-refractivity contribution in [2.24, 2.45) is 0 Å². The van der Waals surface area contributed by atoms with Crippen LogP contribution in [0.1, 0.15) is 56.2 Å². The molecular formula is C17H26N2O. The first-order valence-electron chi connectivity index (χ1n) is 7.74. The standard InChI is InChI=1S/C17H26N2O/c1-13-6-8-15(9-7-13)14(2)19-17(20)11-10-16-5-3-4-12-18-16/h6-9,14,16,18H,3-5,10-12H2,1-2H3,(H,19,20)/t14-,16?/m0/s1. The monoisotopic (exact) mass is 274 g/mol. The third kappa shape index (κ3) is 4.64. The average Bonchev–Trinajstić information content (AvgIpc) is 2.47. The molecule has 2 atom stereocenters. The molecule has 1 aromatic carbocycles. The van der Waals surface area contributed by atoms with Gasteiger partial charge in [0.25, 0.3) is 0 Å². The van der Waals surface area contributed by atoms with Crippen LogP contribution in [0.5, 0.6) is 0 Å². The minimum absolute atomic E-state index is 0.0856. The van der Waals surface area contributed by atoms with Gasteiger partial charge in [0.1, 0.15) is 0 Å². The Labute approximate surface area is 122 Å². The zero-order chi connectivity index (χ0) is 14.4. The summed E-state index contributed by atoms with van der Waals surface area (Å²) in [6.07, 6.45) is 5.34. The predicted octanol–water partition coefficient (Wildman–Crippen LogP) is 3.09. The van der Waals surface area contributed by atoms with Gasteiger partial charge in [0.05, 0.1) is 6.04 Å². The molecule has 0 aliphatic carbocycles. The van der Waals surface area contributed by atoms with E-state index >= 15 is 0 Å². The summed E-state index contributed by atoms with van der Waals surface area (Å²) in [6, 6.07) is 8.96. The molecule has 3 nitrogen and oxygen atoms in total. The summed E-state index contributed by atoms with van der Waals surface area (Å²) in [7, 11) is 0. The number of amides is 1. The summed E-state index contributed by atoms with van der Waals surface area (Å²) in [5.74, 6) is 0.158. The molecule has 1 aromatic rings. The smallest absolute Gasteiger partial charge is 0.220 e. The van der Waals surface area contributed by atoms with Gasteiger partial charge in [-0.1, -0.05) is 36.2 Å². The minimum atomic E-state index is 0.0856. The van der Waals surface area contributed by atoms with Gasteiger partial charge in [0.2, 0.25) is 5.91 Å². The molecule has 0 aromatic heterocycles. The van der Waals surface area contributed by atoms with Gasteiger partial charge in [-0.2, -0.15) is 0 Å². The van der Waals surface area contributed by atoms with Crippen molar-refractivity contribution >= 4 is 5.91 Å². The Hall–Kier alpha value is -1.35. The van der Waals surface area contributed by atoms with E-state index in [9.17, 15) is 4.79 Å². The van der Waals surface area contributed by atoms with Crippen LogP contribution in [0.25, 0.3) is 0 Å². The van der Waals surface area contributed by atoms with E-state index in [1.165, 1.54) is 30.4 Å². The van der Waals surface area contributed by atoms with Crippen molar-refractivity contribution in [3.05, 3.63) is 35.4 Å². The summed E-state index contributed by atoms with van der Waals surface area (Å²) in [6.45, 7) is 5.22. The van der Waals surface area contributed by atoms with E-state index in [2.05, 4.69) is 41.8 Å². The maximum atomic E-state index is 12.0. The number of rotatable bonds is 5. The lowest BCUT2D eigenvalue weighted by Gasteiger charge is -2.23. The van der Waals surface area contributed by atoms with E-state index < -0.39 is 0 Å². The van der Waals surface area contributed by atoms with Crippen LogP contribution in [-0.4, -0.2) is 18.5 Å². The molecule has 2 N–H and O–H groups in total. The molecule has 1 aliphatic heterocycles. The topological polar surface area (TPSA) is 41.1 Å². The van der Waals surface area contributed by atoms with Crippen LogP contribution in [0.15, 0.2) is 24.3 Å². The average molecular weight is 274 g/mol. The van der Waals surface area contributed by atoms with E-state index in [0.29, 0.717) is 12.5 Å². The number of nitrogens with one attached hydrogen (secondary N) is 2. The molecule has 1 fully saturated rings. The SMILES string of the molecule is Cc1ccc([C@H](C)NC(=O)CCC2CCCCN2)cc1. The fourth-order valence-electron chi connectivity index (χ4n) is 2.73. The van der Waals surface area contributed by atoms with E-state index in [4.69, 9.17) is 0 Å². The number of benzene rings is 1. The molecule has 0 radical (unpaired) electrons. The molecule has 1 heterocycles. The molecule has 20 heavy (non-hydrogen) atoms. The molecule has 3 heteroatoms. The highest BCUT2D eigenvalue weighted by Gasteiger charge is 2.15. The summed E-state index contributed by atoms with van der Waals surface area (Å²) in [4.78, 5) is 12.0. The van der Waals surface area contributed by atoms with Crippen LogP contribution in [0.4, 0.5) is 0 Å². The quantitative estimate of drug-likeness (QED) is 0.866. The number of carbonyl (C=O) groups is 1. The van der Waals surface area contributed by atoms with Gasteiger partial charge in [0.15, 0.2) is 0 Å². The van der Waals surface area contributed by atoms with Crippen LogP contribution in [0.2, 0.25) is 0 Å². The van der Waals surface area contributed by atoms with E-state index in [1.54, 1.807) is 0 Å². The Morgan fingerprint density at radius 3 is 2.75 bits per heavy atom. The van der Waals surface area contributed by atoms with Gasteiger partial charge in [-0.15, -0.1) is 0 Å². The van der Waals surface area contributed by atoms with Gasteiger partial charge in [-0.25, -0.2) is 0 Å². The van der Waals surface area contributed by atoms with Gasteiger partial charge in [-0.05, 0) is 45.2 Å². The molecular weight excluding hydrogens is 248 g/mol. The maximum absolute atomic E-state index is 12.0. The first-order valence-corrected chi connectivity index (χ1v) is 7.74. The summed E-state index contributed by atoms with van der Waals surface area (Å²) < 4.78 is 0.